The van der Waals surface area contributed by atoms with Gasteiger partial charge in [-0.2, -0.15) is 0 Å². The Hall–Kier alpha value is -0.610. The fraction of sp³-hybridized carbons (Fsp3) is 0.800. The van der Waals surface area contributed by atoms with Crippen molar-refractivity contribution in [2.45, 2.75) is 64.5 Å². The summed E-state index contributed by atoms with van der Waals surface area (Å²) >= 11 is 1.92. The van der Waals surface area contributed by atoms with E-state index in [1.54, 1.807) is 0 Å². The number of nitrogens with zero attached hydrogens (tertiary/aromatic N) is 2. The molecule has 0 saturated heterocycles. The van der Waals surface area contributed by atoms with Crippen LogP contribution in [0.25, 0.3) is 0 Å². The highest BCUT2D eigenvalue weighted by Crippen LogP contribution is 2.44. The van der Waals surface area contributed by atoms with Gasteiger partial charge < -0.3 is 10.2 Å². The number of rotatable bonds is 8. The van der Waals surface area contributed by atoms with Crippen molar-refractivity contribution in [2.75, 3.05) is 18.0 Å². The second-order valence-electron chi connectivity index (χ2n) is 5.81. The van der Waals surface area contributed by atoms with Gasteiger partial charge >= 0.3 is 0 Å². The van der Waals surface area contributed by atoms with Gasteiger partial charge in [0.25, 0.3) is 0 Å². The normalized spacial score (nSPS) is 18.8. The molecule has 2 aliphatic rings. The summed E-state index contributed by atoms with van der Waals surface area (Å²) in [5.41, 5.74) is 1.41. The predicted molar refractivity (Wildman–Crippen MR) is 82.1 cm³/mol. The maximum atomic E-state index is 4.96. The van der Waals surface area contributed by atoms with Crippen LogP contribution in [0.15, 0.2) is 0 Å². The number of hydrogen-bond acceptors (Lipinski definition) is 4. The van der Waals surface area contributed by atoms with Crippen LogP contribution in [-0.2, 0) is 6.54 Å². The van der Waals surface area contributed by atoms with Crippen molar-refractivity contribution >= 4 is 16.5 Å². The van der Waals surface area contributed by atoms with Gasteiger partial charge in [-0.25, -0.2) is 4.98 Å². The Kier molecular flexibility index (Phi) is 4.08. The van der Waals surface area contributed by atoms with Gasteiger partial charge in [0.05, 0.1) is 5.69 Å². The summed E-state index contributed by atoms with van der Waals surface area (Å²) in [6.07, 6.45) is 6.61. The molecule has 0 aliphatic heterocycles. The molecule has 106 valence electrons. The molecule has 4 heteroatoms. The van der Waals surface area contributed by atoms with Gasteiger partial charge in [0.2, 0.25) is 0 Å². The lowest BCUT2D eigenvalue weighted by molar-refractivity contribution is 0.688. The number of hydrogen-bond donors (Lipinski definition) is 1. The highest BCUT2D eigenvalue weighted by atomic mass is 32.1. The molecule has 0 aromatic carbocycles. The molecule has 0 spiro atoms. The van der Waals surface area contributed by atoms with Crippen LogP contribution < -0.4 is 10.2 Å². The smallest absolute Gasteiger partial charge is 0.185 e. The second kappa shape index (κ2) is 5.80. The Labute approximate surface area is 120 Å². The third kappa shape index (κ3) is 3.29. The minimum absolute atomic E-state index is 0.765. The van der Waals surface area contributed by atoms with E-state index < -0.39 is 0 Å². The van der Waals surface area contributed by atoms with Crippen molar-refractivity contribution < 1.29 is 0 Å². The predicted octanol–water partition coefficient (Wildman–Crippen LogP) is 3.51. The summed E-state index contributed by atoms with van der Waals surface area (Å²) < 4.78 is 0. The number of nitrogens with one attached hydrogen (secondary N) is 1. The highest BCUT2D eigenvalue weighted by Gasteiger charge is 2.31. The Morgan fingerprint density at radius 1 is 1.26 bits per heavy atom. The van der Waals surface area contributed by atoms with Crippen LogP contribution >= 0.6 is 11.3 Å². The van der Waals surface area contributed by atoms with Gasteiger partial charge in [-0.05, 0) is 39.0 Å². The molecule has 0 radical (unpaired) electrons. The molecule has 0 atom stereocenters. The summed E-state index contributed by atoms with van der Waals surface area (Å²) in [6, 6.07) is 0.788. The largest absolute Gasteiger partial charge is 0.348 e. The molecule has 3 nitrogen and oxygen atoms in total. The molecule has 0 bridgehead atoms. The molecule has 3 rings (SSSR count). The molecular formula is C15H25N3S. The van der Waals surface area contributed by atoms with Crippen LogP contribution in [-0.4, -0.2) is 24.1 Å². The lowest BCUT2D eigenvalue weighted by Gasteiger charge is -2.18. The van der Waals surface area contributed by atoms with Crippen LogP contribution in [0.2, 0.25) is 0 Å². The Morgan fingerprint density at radius 2 is 2.05 bits per heavy atom. The quantitative estimate of drug-likeness (QED) is 0.789. The summed E-state index contributed by atoms with van der Waals surface area (Å²) in [6.45, 7) is 7.71. The first kappa shape index (κ1) is 13.4. The molecule has 1 aromatic heterocycles. The summed E-state index contributed by atoms with van der Waals surface area (Å²) in [7, 11) is 0. The SMILES string of the molecule is CCCN(CC)c1nc(C2CC2)c(CNC2CC2)s1. The van der Waals surface area contributed by atoms with Gasteiger partial charge in [-0.3, -0.25) is 0 Å². The maximum absolute atomic E-state index is 4.96. The molecule has 2 saturated carbocycles. The lowest BCUT2D eigenvalue weighted by Crippen LogP contribution is -2.23. The zero-order valence-corrected chi connectivity index (χ0v) is 12.9. The Bertz CT molecular complexity index is 421. The summed E-state index contributed by atoms with van der Waals surface area (Å²) in [5, 5.41) is 4.90. The molecule has 2 fully saturated rings. The third-order valence-corrected chi connectivity index (χ3v) is 5.09. The van der Waals surface area contributed by atoms with Gasteiger partial charge in [0.15, 0.2) is 5.13 Å². The minimum atomic E-state index is 0.765. The van der Waals surface area contributed by atoms with Crippen molar-refractivity contribution in [3.05, 3.63) is 10.6 Å². The van der Waals surface area contributed by atoms with Crippen LogP contribution in [0, 0.1) is 0 Å². The molecule has 1 aromatic rings. The van der Waals surface area contributed by atoms with E-state index in [1.807, 2.05) is 11.3 Å². The van der Waals surface area contributed by atoms with E-state index in [0.717, 1.165) is 31.6 Å². The highest BCUT2D eigenvalue weighted by molar-refractivity contribution is 7.15. The van der Waals surface area contributed by atoms with Gasteiger partial charge in [-0.1, -0.05) is 6.92 Å². The average molecular weight is 279 g/mol. The van der Waals surface area contributed by atoms with E-state index in [1.165, 1.54) is 47.8 Å². The number of aromatic nitrogens is 1. The molecule has 19 heavy (non-hydrogen) atoms. The molecule has 0 unspecified atom stereocenters. The monoisotopic (exact) mass is 279 g/mol. The molecular weight excluding hydrogens is 254 g/mol. The van der Waals surface area contributed by atoms with Crippen molar-refractivity contribution in [1.82, 2.24) is 10.3 Å². The topological polar surface area (TPSA) is 28.2 Å². The standard InChI is InChI=1S/C15H25N3S/c1-3-9-18(4-2)15-17-14(11-5-6-11)13(19-15)10-16-12-7-8-12/h11-12,16H,3-10H2,1-2H3. The van der Waals surface area contributed by atoms with E-state index in [0.29, 0.717) is 0 Å². The third-order valence-electron chi connectivity index (χ3n) is 3.95. The van der Waals surface area contributed by atoms with E-state index in [2.05, 4.69) is 24.1 Å². The van der Waals surface area contributed by atoms with Crippen molar-refractivity contribution in [3.63, 3.8) is 0 Å². The van der Waals surface area contributed by atoms with E-state index in [9.17, 15) is 0 Å². The first-order chi connectivity index (χ1) is 9.31. The summed E-state index contributed by atoms with van der Waals surface area (Å²) in [5.74, 6) is 0.765. The number of thiazole rings is 1. The second-order valence-corrected chi connectivity index (χ2v) is 6.88. The van der Waals surface area contributed by atoms with Crippen LogP contribution in [0.5, 0.6) is 0 Å². The zero-order valence-electron chi connectivity index (χ0n) is 12.1. The van der Waals surface area contributed by atoms with Crippen molar-refractivity contribution in [2.24, 2.45) is 0 Å². The summed E-state index contributed by atoms with van der Waals surface area (Å²) in [4.78, 5) is 8.89. The first-order valence-electron chi connectivity index (χ1n) is 7.79. The molecule has 1 N–H and O–H groups in total. The molecule has 0 amide bonds. The van der Waals surface area contributed by atoms with E-state index >= 15 is 0 Å². The van der Waals surface area contributed by atoms with Crippen LogP contribution in [0.1, 0.15) is 62.4 Å². The number of anilines is 1. The lowest BCUT2D eigenvalue weighted by atomic mass is 10.2. The Morgan fingerprint density at radius 3 is 2.63 bits per heavy atom. The van der Waals surface area contributed by atoms with Gasteiger partial charge in [-0.15, -0.1) is 11.3 Å². The van der Waals surface area contributed by atoms with Gasteiger partial charge in [0.1, 0.15) is 0 Å². The first-order valence-corrected chi connectivity index (χ1v) is 8.61. The minimum Gasteiger partial charge on any atom is -0.348 e. The maximum Gasteiger partial charge on any atom is 0.185 e. The zero-order chi connectivity index (χ0) is 13.2. The van der Waals surface area contributed by atoms with Crippen molar-refractivity contribution in [1.29, 1.82) is 0 Å². The van der Waals surface area contributed by atoms with Crippen LogP contribution in [0.3, 0.4) is 0 Å². The van der Waals surface area contributed by atoms with Gasteiger partial charge in [0, 0.05) is 36.5 Å². The average Bonchev–Trinajstić information content (AvgIpc) is 3.33. The van der Waals surface area contributed by atoms with Crippen LogP contribution in [0.4, 0.5) is 5.13 Å². The molecule has 1 heterocycles. The Balaban J connectivity index is 1.74. The molecule has 2 aliphatic carbocycles. The fourth-order valence-electron chi connectivity index (χ4n) is 2.47. The van der Waals surface area contributed by atoms with E-state index in [-0.39, 0.29) is 0 Å². The fourth-order valence-corrected chi connectivity index (χ4v) is 3.66. The van der Waals surface area contributed by atoms with E-state index in [4.69, 9.17) is 4.98 Å². The van der Waals surface area contributed by atoms with Crippen molar-refractivity contribution in [3.8, 4) is 0 Å².